The summed E-state index contributed by atoms with van der Waals surface area (Å²) in [5.41, 5.74) is 0. The van der Waals surface area contributed by atoms with Crippen molar-refractivity contribution in [3.05, 3.63) is 24.5 Å². The van der Waals surface area contributed by atoms with E-state index in [1.807, 2.05) is 24.5 Å². The Kier molecular flexibility index (Phi) is 18.7. The molecule has 1 aromatic rings. The molecule has 4 heteroatoms. The van der Waals surface area contributed by atoms with Crippen LogP contribution in [-0.4, -0.2) is 16.7 Å². The van der Waals surface area contributed by atoms with Crippen molar-refractivity contribution in [2.24, 2.45) is 11.7 Å². The van der Waals surface area contributed by atoms with E-state index in [0.717, 1.165) is 0 Å². The Labute approximate surface area is 60.8 Å². The van der Waals surface area contributed by atoms with Crippen LogP contribution in [0.3, 0.4) is 0 Å². The lowest BCUT2D eigenvalue weighted by atomic mass is 10.7. The molecule has 6 N–H and O–H groups in total. The number of hydrazine groups is 1. The summed E-state index contributed by atoms with van der Waals surface area (Å²) in [5, 5.41) is 7.57. The second-order valence-corrected chi connectivity index (χ2v) is 1.20. The van der Waals surface area contributed by atoms with Crippen LogP contribution in [0.25, 0.3) is 0 Å². The molecule has 1 heterocycles. The zero-order valence-electron chi connectivity index (χ0n) is 6.12. The van der Waals surface area contributed by atoms with Crippen LogP contribution in [0.1, 0.15) is 6.92 Å². The minimum Gasteiger partial charge on any atom is -0.397 e. The molecule has 0 aliphatic heterocycles. The summed E-state index contributed by atoms with van der Waals surface area (Å²) in [4.78, 5) is 2.86. The van der Waals surface area contributed by atoms with E-state index in [1.54, 1.807) is 6.92 Å². The molecular formula is C6H15N3O. The van der Waals surface area contributed by atoms with Gasteiger partial charge in [0.1, 0.15) is 0 Å². The molecule has 0 aliphatic rings. The number of aliphatic hydroxyl groups excluding tert-OH is 1. The third kappa shape index (κ3) is 15.7. The first kappa shape index (κ1) is 11.9. The molecule has 0 saturated carbocycles. The van der Waals surface area contributed by atoms with Crippen molar-refractivity contribution in [3.63, 3.8) is 0 Å². The third-order valence-corrected chi connectivity index (χ3v) is 0.496. The Bertz CT molecular complexity index is 79.9. The standard InChI is InChI=1S/C4H5N.C2H6O.H4N2/c1-2-4-5-3-1;1-2-3;1-2/h1-5H;3H,2H2,1H3;1-2H2. The van der Waals surface area contributed by atoms with Crippen molar-refractivity contribution in [3.8, 4) is 0 Å². The minimum atomic E-state index is 0.250. The molecule has 0 aliphatic carbocycles. The van der Waals surface area contributed by atoms with Crippen molar-refractivity contribution < 1.29 is 5.11 Å². The molecule has 0 spiro atoms. The second kappa shape index (κ2) is 15.7. The van der Waals surface area contributed by atoms with Crippen LogP contribution in [0.2, 0.25) is 0 Å². The van der Waals surface area contributed by atoms with Gasteiger partial charge in [0, 0.05) is 19.0 Å². The largest absolute Gasteiger partial charge is 0.397 e. The SMILES string of the molecule is CCO.NN.c1cc[nH]c1. The molecule has 0 radical (unpaired) electrons. The zero-order valence-corrected chi connectivity index (χ0v) is 6.12. The molecule has 1 aromatic heterocycles. The van der Waals surface area contributed by atoms with E-state index in [9.17, 15) is 0 Å². The van der Waals surface area contributed by atoms with E-state index < -0.39 is 0 Å². The molecule has 0 aromatic carbocycles. The zero-order chi connectivity index (χ0) is 8.24. The number of H-pyrrole nitrogens is 1. The number of aromatic nitrogens is 1. The molecule has 1 rings (SSSR count). The lowest BCUT2D eigenvalue weighted by molar-refractivity contribution is 0.318. The first-order chi connectivity index (χ1) is 4.91. The number of aromatic amines is 1. The molecule has 4 nitrogen and oxygen atoms in total. The molecule has 0 atom stereocenters. The van der Waals surface area contributed by atoms with Crippen LogP contribution in [-0.2, 0) is 0 Å². The van der Waals surface area contributed by atoms with Gasteiger partial charge in [-0.1, -0.05) is 0 Å². The predicted molar refractivity (Wildman–Crippen MR) is 41.9 cm³/mol. The summed E-state index contributed by atoms with van der Waals surface area (Å²) < 4.78 is 0. The van der Waals surface area contributed by atoms with Crippen LogP contribution in [0.5, 0.6) is 0 Å². The van der Waals surface area contributed by atoms with Gasteiger partial charge in [-0.25, -0.2) is 0 Å². The summed E-state index contributed by atoms with van der Waals surface area (Å²) in [6.45, 7) is 1.93. The van der Waals surface area contributed by atoms with E-state index in [1.165, 1.54) is 0 Å². The molecule has 0 bridgehead atoms. The molecule has 0 saturated heterocycles. The highest BCUT2D eigenvalue weighted by molar-refractivity contribution is 4.84. The Hall–Kier alpha value is -0.840. The van der Waals surface area contributed by atoms with E-state index in [4.69, 9.17) is 5.11 Å². The number of rotatable bonds is 0. The van der Waals surface area contributed by atoms with Gasteiger partial charge < -0.3 is 10.1 Å². The van der Waals surface area contributed by atoms with Crippen molar-refractivity contribution in [1.82, 2.24) is 4.98 Å². The number of hydrogen-bond acceptors (Lipinski definition) is 3. The Balaban J connectivity index is 0. The highest BCUT2D eigenvalue weighted by atomic mass is 16.2. The summed E-state index contributed by atoms with van der Waals surface area (Å²) in [6, 6.07) is 3.89. The number of nitrogens with two attached hydrogens (primary N) is 2. The van der Waals surface area contributed by atoms with Crippen molar-refractivity contribution >= 4 is 0 Å². The van der Waals surface area contributed by atoms with E-state index >= 15 is 0 Å². The summed E-state index contributed by atoms with van der Waals surface area (Å²) >= 11 is 0. The molecule has 0 amide bonds. The fourth-order valence-electron chi connectivity index (χ4n) is 0.278. The van der Waals surface area contributed by atoms with Crippen LogP contribution >= 0.6 is 0 Å². The maximum Gasteiger partial charge on any atom is 0.0402 e. The van der Waals surface area contributed by atoms with E-state index in [0.29, 0.717) is 0 Å². The maximum atomic E-state index is 7.57. The second-order valence-electron chi connectivity index (χ2n) is 1.20. The van der Waals surface area contributed by atoms with Gasteiger partial charge in [0.25, 0.3) is 0 Å². The van der Waals surface area contributed by atoms with Gasteiger partial charge in [0.05, 0.1) is 0 Å². The first-order valence-electron chi connectivity index (χ1n) is 2.93. The van der Waals surface area contributed by atoms with Crippen LogP contribution < -0.4 is 11.7 Å². The fourth-order valence-corrected chi connectivity index (χ4v) is 0.278. The van der Waals surface area contributed by atoms with Gasteiger partial charge in [-0.2, -0.15) is 0 Å². The first-order valence-corrected chi connectivity index (χ1v) is 2.93. The Morgan fingerprint density at radius 1 is 1.30 bits per heavy atom. The van der Waals surface area contributed by atoms with E-state index in [-0.39, 0.29) is 6.61 Å². The monoisotopic (exact) mass is 145 g/mol. The predicted octanol–water partition coefficient (Wildman–Crippen LogP) is -0.168. The number of aliphatic hydroxyl groups is 1. The van der Waals surface area contributed by atoms with Crippen molar-refractivity contribution in [2.45, 2.75) is 6.92 Å². The van der Waals surface area contributed by atoms with Crippen molar-refractivity contribution in [1.29, 1.82) is 0 Å². The number of nitrogens with one attached hydrogen (secondary N) is 1. The third-order valence-electron chi connectivity index (χ3n) is 0.496. The molecule has 60 valence electrons. The fraction of sp³-hybridized carbons (Fsp3) is 0.333. The average Bonchev–Trinajstić information content (AvgIpc) is 2.48. The number of hydrogen-bond donors (Lipinski definition) is 4. The van der Waals surface area contributed by atoms with Crippen LogP contribution in [0.4, 0.5) is 0 Å². The molecule has 10 heavy (non-hydrogen) atoms. The van der Waals surface area contributed by atoms with Crippen LogP contribution in [0, 0.1) is 0 Å². The lowest BCUT2D eigenvalue weighted by Crippen LogP contribution is -2.02. The van der Waals surface area contributed by atoms with Gasteiger partial charge in [0.2, 0.25) is 0 Å². The maximum absolute atomic E-state index is 7.57. The van der Waals surface area contributed by atoms with Gasteiger partial charge in [0.15, 0.2) is 0 Å². The van der Waals surface area contributed by atoms with Gasteiger partial charge in [-0.3, -0.25) is 11.7 Å². The quantitative estimate of drug-likeness (QED) is 0.302. The van der Waals surface area contributed by atoms with E-state index in [2.05, 4.69) is 16.7 Å². The molecule has 0 unspecified atom stereocenters. The van der Waals surface area contributed by atoms with Gasteiger partial charge >= 0.3 is 0 Å². The highest BCUT2D eigenvalue weighted by Crippen LogP contribution is 1.72. The Morgan fingerprint density at radius 2 is 1.60 bits per heavy atom. The summed E-state index contributed by atoms with van der Waals surface area (Å²) in [7, 11) is 0. The van der Waals surface area contributed by atoms with Crippen LogP contribution in [0.15, 0.2) is 24.5 Å². The highest BCUT2D eigenvalue weighted by Gasteiger charge is 1.55. The Morgan fingerprint density at radius 3 is 1.70 bits per heavy atom. The average molecular weight is 145 g/mol. The molecular weight excluding hydrogens is 130 g/mol. The molecule has 0 fully saturated rings. The van der Waals surface area contributed by atoms with Gasteiger partial charge in [-0.15, -0.1) is 0 Å². The summed E-state index contributed by atoms with van der Waals surface area (Å²) in [6.07, 6.45) is 3.75. The smallest absolute Gasteiger partial charge is 0.0402 e. The lowest BCUT2D eigenvalue weighted by Gasteiger charge is -1.52. The minimum absolute atomic E-state index is 0.250. The normalized spacial score (nSPS) is 6.40. The van der Waals surface area contributed by atoms with Gasteiger partial charge in [-0.05, 0) is 19.1 Å². The summed E-state index contributed by atoms with van der Waals surface area (Å²) in [5.74, 6) is 8.00. The topological polar surface area (TPSA) is 88.1 Å². The van der Waals surface area contributed by atoms with Crippen molar-refractivity contribution in [2.75, 3.05) is 6.61 Å².